The van der Waals surface area contributed by atoms with Gasteiger partial charge < -0.3 is 15.6 Å². The lowest BCUT2D eigenvalue weighted by atomic mass is 9.91. The van der Waals surface area contributed by atoms with E-state index in [1.54, 1.807) is 12.1 Å². The smallest absolute Gasteiger partial charge is 0.320 e. The first-order valence-electron chi connectivity index (χ1n) is 7.23. The molecule has 0 aromatic heterocycles. The molecule has 2 aromatic carbocycles. The maximum absolute atomic E-state index is 13.4. The Hall–Kier alpha value is -1.66. The molecular weight excluding hydrogens is 356 g/mol. The van der Waals surface area contributed by atoms with Crippen LogP contribution < -0.4 is 5.73 Å². The third-order valence-corrected chi connectivity index (χ3v) is 4.65. The Kier molecular flexibility index (Phi) is 4.78. The maximum Gasteiger partial charge on any atom is 0.320 e. The number of hydrogen-bond acceptors (Lipinski definition) is 3. The third kappa shape index (κ3) is 3.13. The van der Waals surface area contributed by atoms with Gasteiger partial charge in [-0.15, -0.1) is 0 Å². The quantitative estimate of drug-likeness (QED) is 0.859. The van der Waals surface area contributed by atoms with Crippen molar-refractivity contribution in [1.29, 1.82) is 0 Å². The van der Waals surface area contributed by atoms with Crippen molar-refractivity contribution < 1.29 is 19.0 Å². The molecule has 3 rings (SSSR count). The van der Waals surface area contributed by atoms with Crippen LogP contribution in [-0.2, 0) is 29.2 Å². The van der Waals surface area contributed by atoms with Gasteiger partial charge in [-0.05, 0) is 40.8 Å². The van der Waals surface area contributed by atoms with Gasteiger partial charge in [-0.2, -0.15) is 0 Å². The summed E-state index contributed by atoms with van der Waals surface area (Å²) in [4.78, 5) is 11.0. The summed E-state index contributed by atoms with van der Waals surface area (Å²) in [7, 11) is 0. The van der Waals surface area contributed by atoms with Gasteiger partial charge in [-0.25, -0.2) is 4.39 Å². The van der Waals surface area contributed by atoms with E-state index in [1.807, 2.05) is 0 Å². The van der Waals surface area contributed by atoms with E-state index in [1.165, 1.54) is 12.1 Å². The molecule has 1 atom stereocenters. The molecule has 3 N–H and O–H groups in total. The molecule has 0 radical (unpaired) electrons. The van der Waals surface area contributed by atoms with E-state index in [0.717, 1.165) is 22.3 Å². The highest BCUT2D eigenvalue weighted by molar-refractivity contribution is 6.39. The van der Waals surface area contributed by atoms with E-state index in [-0.39, 0.29) is 16.5 Å². The second-order valence-electron chi connectivity index (χ2n) is 5.62. The van der Waals surface area contributed by atoms with Gasteiger partial charge in [0.2, 0.25) is 0 Å². The summed E-state index contributed by atoms with van der Waals surface area (Å²) in [5.74, 6) is -1.57. The van der Waals surface area contributed by atoms with Crippen LogP contribution >= 0.6 is 23.2 Å². The summed E-state index contributed by atoms with van der Waals surface area (Å²) in [6.45, 7) is 0.714. The molecule has 7 heteroatoms. The summed E-state index contributed by atoms with van der Waals surface area (Å²) < 4.78 is 18.9. The SMILES string of the molecule is NC(Cc1ccc(-c2c(Cl)cc(F)cc2Cl)c2c1COC2)C(=O)O. The summed E-state index contributed by atoms with van der Waals surface area (Å²) in [6, 6.07) is 5.02. The number of hydrogen-bond donors (Lipinski definition) is 2. The lowest BCUT2D eigenvalue weighted by molar-refractivity contribution is -0.138. The first kappa shape index (κ1) is 17.2. The standard InChI is InChI=1S/C17H14Cl2FNO3/c18-13-4-9(20)5-14(19)16(13)10-2-1-8(3-15(21)17(22)23)11-6-24-7-12(10)11/h1-2,4-5,15H,3,6-7,21H2,(H,22,23). The average Bonchev–Trinajstić information content (AvgIpc) is 2.98. The molecule has 24 heavy (non-hydrogen) atoms. The van der Waals surface area contributed by atoms with Gasteiger partial charge in [0.05, 0.1) is 23.3 Å². The number of halogens is 3. The van der Waals surface area contributed by atoms with E-state index in [9.17, 15) is 9.18 Å². The fourth-order valence-corrected chi connectivity index (χ4v) is 3.55. The molecule has 0 bridgehead atoms. The van der Waals surface area contributed by atoms with E-state index >= 15 is 0 Å². The van der Waals surface area contributed by atoms with Crippen LogP contribution in [-0.4, -0.2) is 17.1 Å². The first-order valence-corrected chi connectivity index (χ1v) is 7.98. The van der Waals surface area contributed by atoms with Gasteiger partial charge in [-0.1, -0.05) is 35.3 Å². The minimum Gasteiger partial charge on any atom is -0.480 e. The van der Waals surface area contributed by atoms with Gasteiger partial charge >= 0.3 is 5.97 Å². The highest BCUT2D eigenvalue weighted by Gasteiger charge is 2.24. The third-order valence-electron chi connectivity index (χ3n) is 4.05. The number of nitrogens with two attached hydrogens (primary N) is 1. The fraction of sp³-hybridized carbons (Fsp3) is 0.235. The van der Waals surface area contributed by atoms with Crippen molar-refractivity contribution in [2.45, 2.75) is 25.7 Å². The lowest BCUT2D eigenvalue weighted by Crippen LogP contribution is -2.32. The Balaban J connectivity index is 2.10. The number of ether oxygens (including phenoxy) is 1. The van der Waals surface area contributed by atoms with Gasteiger partial charge in [0.25, 0.3) is 0 Å². The summed E-state index contributed by atoms with van der Waals surface area (Å²) in [5, 5.41) is 9.42. The largest absolute Gasteiger partial charge is 0.480 e. The number of aliphatic carboxylic acids is 1. The zero-order valence-corrected chi connectivity index (χ0v) is 14.0. The molecule has 0 aliphatic carbocycles. The van der Waals surface area contributed by atoms with Crippen molar-refractivity contribution in [3.63, 3.8) is 0 Å². The van der Waals surface area contributed by atoms with Crippen LogP contribution in [0.3, 0.4) is 0 Å². The number of rotatable bonds is 4. The zero-order chi connectivity index (χ0) is 17.4. The minimum atomic E-state index is -1.06. The number of fused-ring (bicyclic) bond motifs is 1. The molecule has 1 unspecified atom stereocenters. The Morgan fingerprint density at radius 3 is 2.50 bits per heavy atom. The van der Waals surface area contributed by atoms with Gasteiger partial charge in [0, 0.05) is 5.56 Å². The van der Waals surface area contributed by atoms with Crippen LogP contribution in [0.1, 0.15) is 16.7 Å². The van der Waals surface area contributed by atoms with E-state index in [4.69, 9.17) is 38.8 Å². The number of carbonyl (C=O) groups is 1. The lowest BCUT2D eigenvalue weighted by Gasteiger charge is -2.15. The van der Waals surface area contributed by atoms with Crippen molar-refractivity contribution in [3.8, 4) is 11.1 Å². The highest BCUT2D eigenvalue weighted by Crippen LogP contribution is 2.41. The number of benzene rings is 2. The number of carboxylic acid groups (broad SMARTS) is 1. The Morgan fingerprint density at radius 2 is 1.88 bits per heavy atom. The van der Waals surface area contributed by atoms with Crippen LogP contribution in [0, 0.1) is 5.82 Å². The average molecular weight is 370 g/mol. The van der Waals surface area contributed by atoms with Crippen LogP contribution in [0.5, 0.6) is 0 Å². The monoisotopic (exact) mass is 369 g/mol. The minimum absolute atomic E-state index is 0.201. The summed E-state index contributed by atoms with van der Waals surface area (Å²) in [5.41, 5.74) is 9.50. The molecule has 0 saturated carbocycles. The van der Waals surface area contributed by atoms with E-state index in [2.05, 4.69) is 0 Å². The predicted molar refractivity (Wildman–Crippen MR) is 89.7 cm³/mol. The number of carboxylic acids is 1. The van der Waals surface area contributed by atoms with Crippen molar-refractivity contribution in [2.24, 2.45) is 5.73 Å². The molecule has 126 valence electrons. The van der Waals surface area contributed by atoms with Crippen LogP contribution in [0.25, 0.3) is 11.1 Å². The molecule has 0 fully saturated rings. The first-order chi connectivity index (χ1) is 11.4. The van der Waals surface area contributed by atoms with Crippen molar-refractivity contribution in [2.75, 3.05) is 0 Å². The molecule has 2 aromatic rings. The molecule has 4 nitrogen and oxygen atoms in total. The van der Waals surface area contributed by atoms with E-state index < -0.39 is 17.8 Å². The maximum atomic E-state index is 13.4. The van der Waals surface area contributed by atoms with Gasteiger partial charge in [0.1, 0.15) is 11.9 Å². The Morgan fingerprint density at radius 1 is 1.25 bits per heavy atom. The molecular formula is C17H14Cl2FNO3. The van der Waals surface area contributed by atoms with Crippen LogP contribution in [0.4, 0.5) is 4.39 Å². The van der Waals surface area contributed by atoms with Crippen LogP contribution in [0.2, 0.25) is 10.0 Å². The second kappa shape index (κ2) is 6.69. The van der Waals surface area contributed by atoms with Gasteiger partial charge in [-0.3, -0.25) is 4.79 Å². The molecule has 0 spiro atoms. The van der Waals surface area contributed by atoms with E-state index in [0.29, 0.717) is 18.8 Å². The predicted octanol–water partition coefficient (Wildman–Crippen LogP) is 3.78. The second-order valence-corrected chi connectivity index (χ2v) is 6.43. The summed E-state index contributed by atoms with van der Waals surface area (Å²) in [6.07, 6.45) is 0.201. The normalized spacial score (nSPS) is 14.5. The van der Waals surface area contributed by atoms with Crippen molar-refractivity contribution in [3.05, 3.63) is 56.8 Å². The molecule has 1 heterocycles. The Labute approximate surface area is 147 Å². The van der Waals surface area contributed by atoms with Crippen molar-refractivity contribution >= 4 is 29.2 Å². The van der Waals surface area contributed by atoms with Crippen LogP contribution in [0.15, 0.2) is 24.3 Å². The fourth-order valence-electron chi connectivity index (χ4n) is 2.89. The van der Waals surface area contributed by atoms with Crippen molar-refractivity contribution in [1.82, 2.24) is 0 Å². The molecule has 0 amide bonds. The topological polar surface area (TPSA) is 72.5 Å². The summed E-state index contributed by atoms with van der Waals surface area (Å²) >= 11 is 12.3. The molecule has 1 aliphatic heterocycles. The molecule has 0 saturated heterocycles. The highest BCUT2D eigenvalue weighted by atomic mass is 35.5. The Bertz CT molecular complexity index is 803. The van der Waals surface area contributed by atoms with Gasteiger partial charge in [0.15, 0.2) is 0 Å². The molecule has 1 aliphatic rings. The zero-order valence-electron chi connectivity index (χ0n) is 12.5.